The lowest BCUT2D eigenvalue weighted by molar-refractivity contribution is 0.330. The minimum absolute atomic E-state index is 0.134. The van der Waals surface area contributed by atoms with Gasteiger partial charge in [0.15, 0.2) is 5.62 Å². The zero-order valence-electron chi connectivity index (χ0n) is 20.9. The van der Waals surface area contributed by atoms with Gasteiger partial charge in [0.1, 0.15) is 11.5 Å². The largest absolute Gasteiger partial charge is 0.370 e. The lowest BCUT2D eigenvalue weighted by atomic mass is 10.1. The van der Waals surface area contributed by atoms with E-state index in [1.54, 1.807) is 6.20 Å². The summed E-state index contributed by atoms with van der Waals surface area (Å²) >= 11 is 6.28. The average Bonchev–Trinajstić information content (AvgIpc) is 3.50. The quantitative estimate of drug-likeness (QED) is 0.109. The summed E-state index contributed by atoms with van der Waals surface area (Å²) in [6, 6.07) is 9.21. The summed E-state index contributed by atoms with van der Waals surface area (Å²) in [6.07, 6.45) is 14.1. The number of unbranched alkanes of at least 4 members (excludes halogenated alkanes) is 3. The number of aryl methyl sites for hydroxylation is 1. The molecule has 2 atom stereocenters. The van der Waals surface area contributed by atoms with Crippen LogP contribution in [0.15, 0.2) is 65.7 Å². The van der Waals surface area contributed by atoms with Crippen LogP contribution in [0, 0.1) is 0 Å². The minimum Gasteiger partial charge on any atom is -0.370 e. The first-order chi connectivity index (χ1) is 16.5. The maximum absolute atomic E-state index is 6.28. The first-order valence-electron chi connectivity index (χ1n) is 12.9. The highest BCUT2D eigenvalue weighted by Crippen LogP contribution is 2.39. The molecule has 0 aromatic heterocycles. The van der Waals surface area contributed by atoms with Gasteiger partial charge in [0.2, 0.25) is 0 Å². The Balaban J connectivity index is 1.55. The summed E-state index contributed by atoms with van der Waals surface area (Å²) in [5.41, 5.74) is 3.01. The van der Waals surface area contributed by atoms with Crippen LogP contribution in [0.5, 0.6) is 0 Å². The average molecular weight is 503 g/mol. The van der Waals surface area contributed by atoms with Gasteiger partial charge in [-0.1, -0.05) is 75.4 Å². The summed E-state index contributed by atoms with van der Waals surface area (Å²) in [5.74, 6) is 5.38. The zero-order valence-corrected chi connectivity index (χ0v) is 22.5. The normalized spacial score (nSPS) is 18.9. The smallest absolute Gasteiger partial charge is 0.176 e. The second kappa shape index (κ2) is 13.9. The number of halogens is 1. The zero-order chi connectivity index (χ0) is 24.3. The monoisotopic (exact) mass is 502 g/mol. The molecule has 34 heavy (non-hydrogen) atoms. The van der Waals surface area contributed by atoms with Crippen molar-refractivity contribution in [2.24, 2.45) is 0 Å². The van der Waals surface area contributed by atoms with Gasteiger partial charge in [0, 0.05) is 23.2 Å². The lowest BCUT2D eigenvalue weighted by Crippen LogP contribution is -2.31. The van der Waals surface area contributed by atoms with Crippen molar-refractivity contribution in [3.05, 3.63) is 66.4 Å². The Kier molecular flexibility index (Phi) is 10.9. The second-order valence-electron chi connectivity index (χ2n) is 9.33. The summed E-state index contributed by atoms with van der Waals surface area (Å²) in [4.78, 5) is 3.85. The minimum atomic E-state index is -0.346. The lowest BCUT2D eigenvalue weighted by Gasteiger charge is -2.28. The molecule has 1 aromatic carbocycles. The Bertz CT molecular complexity index is 875. The highest BCUT2D eigenvalue weighted by Gasteiger charge is 2.24. The van der Waals surface area contributed by atoms with Gasteiger partial charge >= 0.3 is 0 Å². The molecule has 2 unspecified atom stereocenters. The molecular formula is C28H43ClN4S. The summed E-state index contributed by atoms with van der Waals surface area (Å²) in [6.45, 7) is 12.4. The molecule has 1 fully saturated rings. The molecule has 3 rings (SSSR count). The number of benzene rings is 1. The van der Waals surface area contributed by atoms with Gasteiger partial charge in [-0.05, 0) is 62.4 Å². The molecule has 188 valence electrons. The number of hydrogen-bond acceptors (Lipinski definition) is 4. The standard InChI is InChI=1S/C28H43ClN4S/c1-5-7-11-19-33(22(3)26-27(30-6-2)32-28(29)31-26)20-12-10-14-23-15-13-18-25(21-23)34(4)24-16-8-9-17-24/h6,13,15,18,21,24,28,30-32H,2-5,7-12,14,16-17,19-20H2,1H3. The van der Waals surface area contributed by atoms with Gasteiger partial charge < -0.3 is 20.9 Å². The Morgan fingerprint density at radius 1 is 1.18 bits per heavy atom. The molecule has 2 aliphatic rings. The maximum atomic E-state index is 6.28. The molecule has 1 saturated carbocycles. The molecule has 1 heterocycles. The van der Waals surface area contributed by atoms with Crippen molar-refractivity contribution < 1.29 is 0 Å². The predicted octanol–water partition coefficient (Wildman–Crippen LogP) is 6.64. The van der Waals surface area contributed by atoms with Crippen LogP contribution < -0.4 is 16.0 Å². The third-order valence-electron chi connectivity index (χ3n) is 6.79. The summed E-state index contributed by atoms with van der Waals surface area (Å²) in [5, 5.41) is 10.4. The van der Waals surface area contributed by atoms with E-state index in [1.807, 2.05) is 0 Å². The second-order valence-corrected chi connectivity index (χ2v) is 11.8. The van der Waals surface area contributed by atoms with E-state index in [0.717, 1.165) is 54.8 Å². The van der Waals surface area contributed by atoms with Crippen LogP contribution in [0.1, 0.15) is 70.3 Å². The number of nitrogens with zero attached hydrogens (tertiary/aromatic N) is 1. The molecule has 1 aromatic rings. The predicted molar refractivity (Wildman–Crippen MR) is 151 cm³/mol. The van der Waals surface area contributed by atoms with E-state index in [-0.39, 0.29) is 16.1 Å². The van der Waals surface area contributed by atoms with Crippen molar-refractivity contribution in [2.45, 2.75) is 86.9 Å². The molecule has 0 bridgehead atoms. The van der Waals surface area contributed by atoms with Gasteiger partial charge in [0.05, 0.1) is 5.70 Å². The van der Waals surface area contributed by atoms with Crippen molar-refractivity contribution in [1.82, 2.24) is 20.9 Å². The van der Waals surface area contributed by atoms with E-state index in [2.05, 4.69) is 71.1 Å². The van der Waals surface area contributed by atoms with E-state index in [9.17, 15) is 0 Å². The molecule has 6 heteroatoms. The molecular weight excluding hydrogens is 460 g/mol. The van der Waals surface area contributed by atoms with Crippen LogP contribution in [0.25, 0.3) is 0 Å². The Morgan fingerprint density at radius 2 is 1.91 bits per heavy atom. The van der Waals surface area contributed by atoms with E-state index in [0.29, 0.717) is 0 Å². The fourth-order valence-electron chi connectivity index (χ4n) is 4.83. The van der Waals surface area contributed by atoms with Gasteiger partial charge in [-0.2, -0.15) is 10.5 Å². The fourth-order valence-corrected chi connectivity index (χ4v) is 6.89. The number of hydrogen-bond donors (Lipinski definition) is 3. The third kappa shape index (κ3) is 7.58. The molecule has 0 amide bonds. The number of alkyl halides is 1. The van der Waals surface area contributed by atoms with Crippen LogP contribution in [0.3, 0.4) is 0 Å². The highest BCUT2D eigenvalue weighted by atomic mass is 35.5. The van der Waals surface area contributed by atoms with Crippen molar-refractivity contribution in [3.8, 4) is 0 Å². The van der Waals surface area contributed by atoms with Crippen LogP contribution in [0.4, 0.5) is 0 Å². The molecule has 0 saturated heterocycles. The first kappa shape index (κ1) is 26.7. The van der Waals surface area contributed by atoms with Gasteiger partial charge in [-0.15, -0.1) is 0 Å². The SMILES string of the molecule is C=CNC1=C(C(=C)N(CCCCC)CCCCc2cccc(S(=C)C3CCCC3)c2)NC(Cl)N1. The van der Waals surface area contributed by atoms with Crippen LogP contribution in [-0.2, 0) is 6.42 Å². The number of rotatable bonds is 15. The van der Waals surface area contributed by atoms with E-state index >= 15 is 0 Å². The molecule has 1 aliphatic heterocycles. The van der Waals surface area contributed by atoms with Crippen LogP contribution in [-0.4, -0.2) is 34.7 Å². The Hall–Kier alpha value is -1.85. The summed E-state index contributed by atoms with van der Waals surface area (Å²) < 4.78 is 0. The topological polar surface area (TPSA) is 39.3 Å². The van der Waals surface area contributed by atoms with Crippen LogP contribution in [0.2, 0.25) is 0 Å². The molecule has 3 N–H and O–H groups in total. The molecule has 4 nitrogen and oxygen atoms in total. The first-order valence-corrected chi connectivity index (χ1v) is 14.8. The van der Waals surface area contributed by atoms with Crippen molar-refractivity contribution in [1.29, 1.82) is 0 Å². The highest BCUT2D eigenvalue weighted by molar-refractivity contribution is 8.14. The maximum Gasteiger partial charge on any atom is 0.176 e. The molecule has 0 spiro atoms. The van der Waals surface area contributed by atoms with E-state index < -0.39 is 0 Å². The van der Waals surface area contributed by atoms with Crippen molar-refractivity contribution in [2.75, 3.05) is 13.1 Å². The Morgan fingerprint density at radius 3 is 2.62 bits per heavy atom. The molecule has 1 aliphatic carbocycles. The van der Waals surface area contributed by atoms with E-state index in [4.69, 9.17) is 11.6 Å². The van der Waals surface area contributed by atoms with Crippen LogP contribution >= 0.6 is 22.1 Å². The van der Waals surface area contributed by atoms with E-state index in [1.165, 1.54) is 55.4 Å². The van der Waals surface area contributed by atoms with Gasteiger partial charge in [-0.3, -0.25) is 0 Å². The summed E-state index contributed by atoms with van der Waals surface area (Å²) in [7, 11) is 0.134. The fraction of sp³-hybridized carbons (Fsp3) is 0.536. The third-order valence-corrected chi connectivity index (χ3v) is 9.14. The number of nitrogens with one attached hydrogen (secondary N) is 3. The van der Waals surface area contributed by atoms with Crippen molar-refractivity contribution in [3.63, 3.8) is 0 Å². The van der Waals surface area contributed by atoms with Gasteiger partial charge in [-0.25, -0.2) is 0 Å². The Labute approximate surface area is 214 Å². The van der Waals surface area contributed by atoms with Crippen molar-refractivity contribution >= 4 is 28.0 Å². The van der Waals surface area contributed by atoms with Gasteiger partial charge in [0.25, 0.3) is 0 Å². The molecule has 0 radical (unpaired) electrons.